The van der Waals surface area contributed by atoms with E-state index in [1.165, 1.54) is 7.11 Å². The lowest BCUT2D eigenvalue weighted by atomic mass is 9.94. The number of hydrogen-bond donors (Lipinski definition) is 0. The maximum Gasteiger partial charge on any atom is 0.340 e. The molecular formula is C13H24O4. The van der Waals surface area contributed by atoms with Crippen LogP contribution in [0.2, 0.25) is 0 Å². The first kappa shape index (κ1) is 14.5. The van der Waals surface area contributed by atoms with Crippen LogP contribution < -0.4 is 0 Å². The molecule has 100 valence electrons. The van der Waals surface area contributed by atoms with Crippen LogP contribution in [0.1, 0.15) is 53.4 Å². The highest BCUT2D eigenvalue weighted by atomic mass is 16.8. The summed E-state index contributed by atoms with van der Waals surface area (Å²) in [5.41, 5.74) is -0.980. The van der Waals surface area contributed by atoms with Crippen molar-refractivity contribution >= 4 is 5.97 Å². The predicted molar refractivity (Wildman–Crippen MR) is 64.6 cm³/mol. The van der Waals surface area contributed by atoms with Gasteiger partial charge < -0.3 is 14.2 Å². The number of carbonyl (C=O) groups is 1. The van der Waals surface area contributed by atoms with Gasteiger partial charge in [-0.2, -0.15) is 0 Å². The molecule has 0 spiro atoms. The molecule has 0 saturated carbocycles. The smallest absolute Gasteiger partial charge is 0.340 e. The number of hydrogen-bond acceptors (Lipinski definition) is 4. The molecular weight excluding hydrogens is 220 g/mol. The molecule has 1 aliphatic rings. The van der Waals surface area contributed by atoms with Crippen molar-refractivity contribution in [1.29, 1.82) is 0 Å². The van der Waals surface area contributed by atoms with Crippen LogP contribution >= 0.6 is 0 Å². The molecule has 0 aliphatic carbocycles. The van der Waals surface area contributed by atoms with Crippen molar-refractivity contribution in [3.05, 3.63) is 0 Å². The van der Waals surface area contributed by atoms with Crippen molar-refractivity contribution in [2.75, 3.05) is 7.11 Å². The summed E-state index contributed by atoms with van der Waals surface area (Å²) >= 11 is 0. The van der Waals surface area contributed by atoms with E-state index < -0.39 is 11.4 Å². The van der Waals surface area contributed by atoms with Gasteiger partial charge in [0.25, 0.3) is 0 Å². The molecule has 0 unspecified atom stereocenters. The minimum absolute atomic E-state index is 0.225. The highest BCUT2D eigenvalue weighted by Gasteiger charge is 2.55. The Hall–Kier alpha value is -0.610. The van der Waals surface area contributed by atoms with Crippen LogP contribution in [0.3, 0.4) is 0 Å². The first-order valence-corrected chi connectivity index (χ1v) is 6.32. The Morgan fingerprint density at radius 3 is 2.47 bits per heavy atom. The molecule has 0 aromatic rings. The minimum atomic E-state index is -0.980. The zero-order chi connectivity index (χ0) is 13.1. The number of methoxy groups -OCH3 is 1. The van der Waals surface area contributed by atoms with Gasteiger partial charge in [0.05, 0.1) is 7.11 Å². The average molecular weight is 244 g/mol. The second-order valence-electron chi connectivity index (χ2n) is 5.20. The Labute approximate surface area is 104 Å². The number of rotatable bonds is 5. The Kier molecular flexibility index (Phi) is 4.55. The molecule has 1 heterocycles. The lowest BCUT2D eigenvalue weighted by Gasteiger charge is -2.25. The zero-order valence-electron chi connectivity index (χ0n) is 11.5. The van der Waals surface area contributed by atoms with Gasteiger partial charge in [-0.15, -0.1) is 0 Å². The van der Waals surface area contributed by atoms with Crippen molar-refractivity contribution in [2.24, 2.45) is 0 Å². The maximum absolute atomic E-state index is 11.8. The molecule has 1 saturated heterocycles. The van der Waals surface area contributed by atoms with Crippen LogP contribution in [-0.4, -0.2) is 30.6 Å². The van der Waals surface area contributed by atoms with E-state index in [1.807, 2.05) is 13.8 Å². The van der Waals surface area contributed by atoms with E-state index in [-0.39, 0.29) is 12.1 Å². The zero-order valence-corrected chi connectivity index (χ0v) is 11.5. The SMILES string of the molecule is CCCCC[C@@H]1OC(C)(C)O[C@@]1(C)C(=O)OC. The van der Waals surface area contributed by atoms with E-state index in [0.717, 1.165) is 25.7 Å². The summed E-state index contributed by atoms with van der Waals surface area (Å²) in [6.07, 6.45) is 3.91. The van der Waals surface area contributed by atoms with Crippen LogP contribution in [0.25, 0.3) is 0 Å². The van der Waals surface area contributed by atoms with Gasteiger partial charge in [-0.25, -0.2) is 4.79 Å². The largest absolute Gasteiger partial charge is 0.467 e. The Bertz CT molecular complexity index is 275. The fourth-order valence-corrected chi connectivity index (χ4v) is 2.35. The van der Waals surface area contributed by atoms with E-state index in [9.17, 15) is 4.79 Å². The van der Waals surface area contributed by atoms with Gasteiger partial charge in [-0.1, -0.05) is 26.2 Å². The molecule has 0 radical (unpaired) electrons. The van der Waals surface area contributed by atoms with Crippen LogP contribution in [0, 0.1) is 0 Å². The minimum Gasteiger partial charge on any atom is -0.467 e. The number of esters is 1. The fraction of sp³-hybridized carbons (Fsp3) is 0.923. The third-order valence-electron chi connectivity index (χ3n) is 3.16. The summed E-state index contributed by atoms with van der Waals surface area (Å²) in [6, 6.07) is 0. The maximum atomic E-state index is 11.8. The summed E-state index contributed by atoms with van der Waals surface area (Å²) in [7, 11) is 1.38. The first-order chi connectivity index (χ1) is 7.85. The van der Waals surface area contributed by atoms with E-state index >= 15 is 0 Å². The molecule has 4 heteroatoms. The van der Waals surface area contributed by atoms with Gasteiger partial charge in [-0.3, -0.25) is 0 Å². The molecule has 0 bridgehead atoms. The highest BCUT2D eigenvalue weighted by molar-refractivity contribution is 5.80. The second-order valence-corrected chi connectivity index (χ2v) is 5.20. The van der Waals surface area contributed by atoms with E-state index in [0.29, 0.717) is 0 Å². The molecule has 0 amide bonds. The summed E-state index contributed by atoms with van der Waals surface area (Å²) in [6.45, 7) is 7.56. The van der Waals surface area contributed by atoms with Crippen molar-refractivity contribution in [3.63, 3.8) is 0 Å². The Morgan fingerprint density at radius 2 is 1.94 bits per heavy atom. The predicted octanol–water partition coefficient (Wildman–Crippen LogP) is 2.65. The first-order valence-electron chi connectivity index (χ1n) is 6.32. The fourth-order valence-electron chi connectivity index (χ4n) is 2.35. The lowest BCUT2D eigenvalue weighted by Crippen LogP contribution is -2.46. The molecule has 0 aromatic heterocycles. The van der Waals surface area contributed by atoms with Crippen molar-refractivity contribution in [1.82, 2.24) is 0 Å². The third kappa shape index (κ3) is 3.19. The molecule has 4 nitrogen and oxygen atoms in total. The van der Waals surface area contributed by atoms with Crippen molar-refractivity contribution < 1.29 is 19.0 Å². The van der Waals surface area contributed by atoms with Crippen molar-refractivity contribution in [2.45, 2.75) is 70.9 Å². The van der Waals surface area contributed by atoms with Crippen LogP contribution in [0.15, 0.2) is 0 Å². The molecule has 1 rings (SSSR count). The second kappa shape index (κ2) is 5.36. The molecule has 17 heavy (non-hydrogen) atoms. The number of unbranched alkanes of at least 4 members (excludes halogenated alkanes) is 2. The Balaban J connectivity index is 2.74. The average Bonchev–Trinajstić information content (AvgIpc) is 2.49. The topological polar surface area (TPSA) is 44.8 Å². The van der Waals surface area contributed by atoms with Gasteiger partial charge in [0.2, 0.25) is 0 Å². The summed E-state index contributed by atoms with van der Waals surface area (Å²) < 4.78 is 16.4. The van der Waals surface area contributed by atoms with Gasteiger partial charge >= 0.3 is 5.97 Å². The monoisotopic (exact) mass is 244 g/mol. The lowest BCUT2D eigenvalue weighted by molar-refractivity contribution is -0.184. The van der Waals surface area contributed by atoms with Crippen molar-refractivity contribution in [3.8, 4) is 0 Å². The summed E-state index contributed by atoms with van der Waals surface area (Å²) in [5.74, 6) is -1.08. The van der Waals surface area contributed by atoms with E-state index in [1.54, 1.807) is 6.92 Å². The molecule has 2 atom stereocenters. The Morgan fingerprint density at radius 1 is 1.29 bits per heavy atom. The van der Waals surface area contributed by atoms with Gasteiger partial charge in [-0.05, 0) is 27.2 Å². The molecule has 0 N–H and O–H groups in total. The standard InChI is InChI=1S/C13H24O4/c1-6-7-8-9-10-13(4,11(14)15-5)17-12(2,3)16-10/h10H,6-9H2,1-5H3/t10-,13+/m0/s1. The van der Waals surface area contributed by atoms with Gasteiger partial charge in [0, 0.05) is 0 Å². The van der Waals surface area contributed by atoms with Crippen LogP contribution in [-0.2, 0) is 19.0 Å². The molecule has 1 aliphatic heterocycles. The molecule has 0 aromatic carbocycles. The van der Waals surface area contributed by atoms with E-state index in [2.05, 4.69) is 6.92 Å². The summed E-state index contributed by atoms with van der Waals surface area (Å²) in [4.78, 5) is 11.8. The summed E-state index contributed by atoms with van der Waals surface area (Å²) in [5, 5.41) is 0. The van der Waals surface area contributed by atoms with E-state index in [4.69, 9.17) is 14.2 Å². The third-order valence-corrected chi connectivity index (χ3v) is 3.16. The van der Waals surface area contributed by atoms with Gasteiger partial charge in [0.1, 0.15) is 6.10 Å². The quantitative estimate of drug-likeness (QED) is 0.551. The normalized spacial score (nSPS) is 31.5. The number of ether oxygens (including phenoxy) is 3. The van der Waals surface area contributed by atoms with Crippen LogP contribution in [0.4, 0.5) is 0 Å². The molecule has 1 fully saturated rings. The highest BCUT2D eigenvalue weighted by Crippen LogP contribution is 2.39. The van der Waals surface area contributed by atoms with Gasteiger partial charge in [0.15, 0.2) is 11.4 Å². The van der Waals surface area contributed by atoms with Crippen LogP contribution in [0.5, 0.6) is 0 Å². The number of carbonyl (C=O) groups excluding carboxylic acids is 1.